The number of hydrogen-bond acceptors (Lipinski definition) is 6. The van der Waals surface area contributed by atoms with Gasteiger partial charge in [0.1, 0.15) is 23.4 Å². The standard InChI is InChI=1S/C18H26N2O4S/c1-10(4-5-11-6-8-12(23-3)9-7-11)16-15(22)14(21)13-17(24-16)25-18(19-2)20-13/h6-10,13-17,21-22H,4-5H2,1-3H3,(H,19,20)/t10-,13+,14+,15-,16+,17+/m0/s1. The molecular weight excluding hydrogens is 340 g/mol. The lowest BCUT2D eigenvalue weighted by atomic mass is 9.87. The maximum absolute atomic E-state index is 10.5. The van der Waals surface area contributed by atoms with Crippen LogP contribution in [0.15, 0.2) is 29.3 Å². The minimum atomic E-state index is -0.906. The number of hydrogen-bond donors (Lipinski definition) is 3. The number of rotatable bonds is 5. The van der Waals surface area contributed by atoms with E-state index in [2.05, 4.69) is 29.4 Å². The summed E-state index contributed by atoms with van der Waals surface area (Å²) in [5.41, 5.74) is 0.999. The predicted molar refractivity (Wildman–Crippen MR) is 99.0 cm³/mol. The molecule has 3 N–H and O–H groups in total. The summed E-state index contributed by atoms with van der Waals surface area (Å²) in [5.74, 6) is 0.965. The minimum absolute atomic E-state index is 0.121. The van der Waals surface area contributed by atoms with E-state index < -0.39 is 12.2 Å². The molecule has 2 saturated heterocycles. The van der Waals surface area contributed by atoms with Crippen molar-refractivity contribution >= 4 is 16.9 Å². The molecule has 2 heterocycles. The van der Waals surface area contributed by atoms with Gasteiger partial charge in [0.05, 0.1) is 19.3 Å². The zero-order valence-corrected chi connectivity index (χ0v) is 15.6. The van der Waals surface area contributed by atoms with Crippen LogP contribution in [-0.4, -0.2) is 59.3 Å². The first-order chi connectivity index (χ1) is 12.0. The van der Waals surface area contributed by atoms with E-state index in [0.29, 0.717) is 0 Å². The molecule has 0 aliphatic carbocycles. The Labute approximate surface area is 152 Å². The fraction of sp³-hybridized carbons (Fsp3) is 0.611. The average molecular weight is 366 g/mol. The van der Waals surface area contributed by atoms with Crippen LogP contribution in [0.1, 0.15) is 18.9 Å². The molecule has 0 spiro atoms. The van der Waals surface area contributed by atoms with Gasteiger partial charge >= 0.3 is 0 Å². The molecule has 0 amide bonds. The summed E-state index contributed by atoms with van der Waals surface area (Å²) in [6.07, 6.45) is -0.407. The van der Waals surface area contributed by atoms with Crippen molar-refractivity contribution in [1.29, 1.82) is 0 Å². The maximum atomic E-state index is 10.5. The van der Waals surface area contributed by atoms with Gasteiger partial charge in [0, 0.05) is 7.05 Å². The number of fused-ring (bicyclic) bond motifs is 1. The molecule has 6 atom stereocenters. The van der Waals surface area contributed by atoms with Crippen molar-refractivity contribution in [2.75, 3.05) is 14.2 Å². The topological polar surface area (TPSA) is 83.3 Å². The normalized spacial score (nSPS) is 34.4. The summed E-state index contributed by atoms with van der Waals surface area (Å²) >= 11 is 1.47. The molecule has 7 heteroatoms. The van der Waals surface area contributed by atoms with Crippen molar-refractivity contribution in [2.24, 2.45) is 10.9 Å². The van der Waals surface area contributed by atoms with Crippen LogP contribution >= 0.6 is 11.8 Å². The van der Waals surface area contributed by atoms with Gasteiger partial charge in [-0.1, -0.05) is 30.8 Å². The van der Waals surface area contributed by atoms with Crippen molar-refractivity contribution in [3.63, 3.8) is 0 Å². The molecule has 3 rings (SSSR count). The fourth-order valence-electron chi connectivity index (χ4n) is 3.37. The smallest absolute Gasteiger partial charge is 0.159 e. The van der Waals surface area contributed by atoms with Crippen LogP contribution in [0.2, 0.25) is 0 Å². The highest BCUT2D eigenvalue weighted by Crippen LogP contribution is 2.36. The zero-order chi connectivity index (χ0) is 18.0. The summed E-state index contributed by atoms with van der Waals surface area (Å²) in [6, 6.07) is 7.69. The number of ether oxygens (including phenoxy) is 2. The third kappa shape index (κ3) is 3.95. The van der Waals surface area contributed by atoms with Crippen LogP contribution in [0, 0.1) is 5.92 Å². The minimum Gasteiger partial charge on any atom is -0.497 e. The summed E-state index contributed by atoms with van der Waals surface area (Å²) in [5, 5.41) is 24.8. The molecular formula is C18H26N2O4S. The second-order valence-corrected chi connectivity index (χ2v) is 7.72. The second kappa shape index (κ2) is 7.95. The first-order valence-electron chi connectivity index (χ1n) is 8.58. The number of aliphatic hydroxyl groups is 2. The molecule has 6 nitrogen and oxygen atoms in total. The first-order valence-corrected chi connectivity index (χ1v) is 9.46. The average Bonchev–Trinajstić information content (AvgIpc) is 3.06. The number of thioether (sulfide) groups is 1. The Balaban J connectivity index is 1.60. The lowest BCUT2D eigenvalue weighted by molar-refractivity contribution is -0.172. The van der Waals surface area contributed by atoms with E-state index >= 15 is 0 Å². The lowest BCUT2D eigenvalue weighted by Crippen LogP contribution is -2.60. The number of aliphatic hydroxyl groups excluding tert-OH is 2. The first kappa shape index (κ1) is 18.5. The van der Waals surface area contributed by atoms with E-state index in [1.54, 1.807) is 14.2 Å². The molecule has 0 aromatic heterocycles. The molecule has 0 unspecified atom stereocenters. The second-order valence-electron chi connectivity index (χ2n) is 6.63. The van der Waals surface area contributed by atoms with E-state index in [1.807, 2.05) is 12.1 Å². The maximum Gasteiger partial charge on any atom is 0.159 e. The predicted octanol–water partition coefficient (Wildman–Crippen LogP) is 1.40. The van der Waals surface area contributed by atoms with Gasteiger partial charge in [0.25, 0.3) is 0 Å². The van der Waals surface area contributed by atoms with Gasteiger partial charge in [-0.05, 0) is 36.5 Å². The molecule has 2 aliphatic rings. The molecule has 138 valence electrons. The number of aryl methyl sites for hydroxylation is 1. The largest absolute Gasteiger partial charge is 0.497 e. The molecule has 2 aliphatic heterocycles. The molecule has 0 bridgehead atoms. The zero-order valence-electron chi connectivity index (χ0n) is 14.8. The molecule has 25 heavy (non-hydrogen) atoms. The monoisotopic (exact) mass is 366 g/mol. The number of nitrogens with one attached hydrogen (secondary N) is 1. The number of nitrogens with zero attached hydrogens (tertiary/aromatic N) is 1. The quantitative estimate of drug-likeness (QED) is 0.731. The van der Waals surface area contributed by atoms with E-state index in [-0.39, 0.29) is 23.5 Å². The van der Waals surface area contributed by atoms with E-state index in [4.69, 9.17) is 9.47 Å². The highest BCUT2D eigenvalue weighted by Gasteiger charge is 2.50. The van der Waals surface area contributed by atoms with E-state index in [1.165, 1.54) is 17.3 Å². The van der Waals surface area contributed by atoms with Gasteiger partial charge in [-0.15, -0.1) is 0 Å². The van der Waals surface area contributed by atoms with Crippen molar-refractivity contribution < 1.29 is 19.7 Å². The Kier molecular flexibility index (Phi) is 5.89. The molecule has 0 radical (unpaired) electrons. The fourth-order valence-corrected chi connectivity index (χ4v) is 4.46. The van der Waals surface area contributed by atoms with Crippen LogP contribution < -0.4 is 10.1 Å². The summed E-state index contributed by atoms with van der Waals surface area (Å²) in [4.78, 5) is 4.12. The highest BCUT2D eigenvalue weighted by molar-refractivity contribution is 8.14. The van der Waals surface area contributed by atoms with Crippen molar-refractivity contribution in [1.82, 2.24) is 5.32 Å². The summed E-state index contributed by atoms with van der Waals surface area (Å²) < 4.78 is 11.3. The molecule has 1 aromatic carbocycles. The van der Waals surface area contributed by atoms with Gasteiger partial charge in [0.15, 0.2) is 5.17 Å². The van der Waals surface area contributed by atoms with Gasteiger partial charge in [-0.25, -0.2) is 0 Å². The summed E-state index contributed by atoms with van der Waals surface area (Å²) in [6.45, 7) is 2.06. The number of amidine groups is 1. The Morgan fingerprint density at radius 2 is 2.00 bits per heavy atom. The highest BCUT2D eigenvalue weighted by atomic mass is 32.2. The third-order valence-corrected chi connectivity index (χ3v) is 6.13. The van der Waals surface area contributed by atoms with Gasteiger partial charge in [-0.2, -0.15) is 0 Å². The van der Waals surface area contributed by atoms with Crippen molar-refractivity contribution in [3.8, 4) is 5.75 Å². The Bertz CT molecular complexity index is 610. The molecule has 0 saturated carbocycles. The van der Waals surface area contributed by atoms with Crippen LogP contribution in [0.5, 0.6) is 5.75 Å². The van der Waals surface area contributed by atoms with Crippen molar-refractivity contribution in [3.05, 3.63) is 29.8 Å². The Morgan fingerprint density at radius 3 is 2.64 bits per heavy atom. The van der Waals surface area contributed by atoms with Gasteiger partial charge in [-0.3, -0.25) is 4.99 Å². The Morgan fingerprint density at radius 1 is 1.28 bits per heavy atom. The van der Waals surface area contributed by atoms with Gasteiger partial charge in [0.2, 0.25) is 0 Å². The number of methoxy groups -OCH3 is 1. The van der Waals surface area contributed by atoms with Crippen LogP contribution in [0.3, 0.4) is 0 Å². The van der Waals surface area contributed by atoms with Gasteiger partial charge < -0.3 is 25.0 Å². The van der Waals surface area contributed by atoms with E-state index in [9.17, 15) is 10.2 Å². The molecule has 2 fully saturated rings. The van der Waals surface area contributed by atoms with Crippen molar-refractivity contribution in [2.45, 2.75) is 49.6 Å². The summed E-state index contributed by atoms with van der Waals surface area (Å²) in [7, 11) is 3.35. The van der Waals surface area contributed by atoms with E-state index in [0.717, 1.165) is 23.8 Å². The SMILES string of the molecule is CN=C1N[C@@H]2[C@@H](O)[C@H](O)[C@@H]([C@@H](C)CCc3ccc(OC)cc3)O[C@@H]2S1. The van der Waals surface area contributed by atoms with Crippen LogP contribution in [-0.2, 0) is 11.2 Å². The van der Waals surface area contributed by atoms with Crippen LogP contribution in [0.4, 0.5) is 0 Å². The van der Waals surface area contributed by atoms with Crippen LogP contribution in [0.25, 0.3) is 0 Å². The lowest BCUT2D eigenvalue weighted by Gasteiger charge is -2.41. The Hall–Kier alpha value is -1.28. The number of benzene rings is 1. The molecule has 1 aromatic rings. The third-order valence-electron chi connectivity index (χ3n) is 4.97. The number of aliphatic imine (C=N–C) groups is 1.